The van der Waals surface area contributed by atoms with Gasteiger partial charge in [-0.3, -0.25) is 0 Å². The van der Waals surface area contributed by atoms with Crippen molar-refractivity contribution in [3.05, 3.63) is 22.3 Å². The number of hydrogen-bond donors (Lipinski definition) is 0. The van der Waals surface area contributed by atoms with Crippen LogP contribution >= 0.6 is 0 Å². The van der Waals surface area contributed by atoms with Crippen LogP contribution in [-0.4, -0.2) is 21.3 Å². The highest BCUT2D eigenvalue weighted by Gasteiger charge is 2.43. The van der Waals surface area contributed by atoms with E-state index in [1.54, 1.807) is 21.3 Å². The molecule has 0 radical (unpaired) electrons. The van der Waals surface area contributed by atoms with Crippen LogP contribution < -0.4 is 9.47 Å². The molecule has 0 heterocycles. The second-order valence-corrected chi connectivity index (χ2v) is 5.64. The molecule has 0 amide bonds. The molecule has 2 unspecified atom stereocenters. The number of fused-ring (bicyclic) bond motifs is 5. The van der Waals surface area contributed by atoms with Crippen LogP contribution in [0, 0.1) is 6.92 Å². The summed E-state index contributed by atoms with van der Waals surface area (Å²) in [5, 5.41) is 0. The summed E-state index contributed by atoms with van der Waals surface area (Å²) in [5.74, 6) is 3.43. The normalized spacial score (nSPS) is 23.6. The van der Waals surface area contributed by atoms with E-state index < -0.39 is 0 Å². The molecule has 0 saturated heterocycles. The topological polar surface area (TPSA) is 27.7 Å². The van der Waals surface area contributed by atoms with Gasteiger partial charge in [0.05, 0.1) is 20.8 Å². The van der Waals surface area contributed by atoms with Gasteiger partial charge in [-0.25, -0.2) is 0 Å². The molecule has 104 valence electrons. The minimum Gasteiger partial charge on any atom is -0.496 e. The number of rotatable bonds is 4. The van der Waals surface area contributed by atoms with Crippen LogP contribution in [0.15, 0.2) is 0 Å². The number of methoxy groups -OCH3 is 3. The molecule has 1 saturated carbocycles. The van der Waals surface area contributed by atoms with E-state index in [2.05, 4.69) is 6.92 Å². The van der Waals surface area contributed by atoms with Crippen LogP contribution in [0.4, 0.5) is 0 Å². The van der Waals surface area contributed by atoms with Crippen LogP contribution in [0.2, 0.25) is 0 Å². The Morgan fingerprint density at radius 2 is 1.53 bits per heavy atom. The molecule has 2 bridgehead atoms. The first kappa shape index (κ1) is 12.8. The van der Waals surface area contributed by atoms with E-state index >= 15 is 0 Å². The Bertz CT molecular complexity index is 507. The second kappa shape index (κ2) is 4.71. The second-order valence-electron chi connectivity index (χ2n) is 5.64. The molecule has 2 aliphatic rings. The first-order chi connectivity index (χ1) is 9.22. The van der Waals surface area contributed by atoms with Gasteiger partial charge in [-0.1, -0.05) is 0 Å². The van der Waals surface area contributed by atoms with E-state index in [1.165, 1.54) is 36.0 Å². The Morgan fingerprint density at radius 1 is 0.947 bits per heavy atom. The van der Waals surface area contributed by atoms with Crippen LogP contribution in [0.25, 0.3) is 0 Å². The molecule has 2 aliphatic carbocycles. The van der Waals surface area contributed by atoms with Gasteiger partial charge in [0, 0.05) is 29.4 Å². The summed E-state index contributed by atoms with van der Waals surface area (Å²) >= 11 is 0. The minimum atomic E-state index is 0.579. The SMILES string of the molecule is COCc1c(C)c(OC)c2c(c1OC)C1CCC2C1. The van der Waals surface area contributed by atoms with Gasteiger partial charge < -0.3 is 14.2 Å². The van der Waals surface area contributed by atoms with Gasteiger partial charge in [0.2, 0.25) is 0 Å². The van der Waals surface area contributed by atoms with Crippen molar-refractivity contribution in [1.82, 2.24) is 0 Å². The van der Waals surface area contributed by atoms with Crippen molar-refractivity contribution < 1.29 is 14.2 Å². The van der Waals surface area contributed by atoms with E-state index in [0.717, 1.165) is 17.1 Å². The lowest BCUT2D eigenvalue weighted by Crippen LogP contribution is -2.09. The first-order valence-corrected chi connectivity index (χ1v) is 6.99. The van der Waals surface area contributed by atoms with Crippen molar-refractivity contribution in [2.24, 2.45) is 0 Å². The van der Waals surface area contributed by atoms with Crippen molar-refractivity contribution in [1.29, 1.82) is 0 Å². The third-order valence-corrected chi connectivity index (χ3v) is 4.79. The van der Waals surface area contributed by atoms with Crippen LogP contribution in [0.5, 0.6) is 11.5 Å². The Hall–Kier alpha value is -1.22. The number of ether oxygens (including phenoxy) is 3. The molecular weight excluding hydrogens is 240 g/mol. The van der Waals surface area contributed by atoms with Crippen molar-refractivity contribution in [3.63, 3.8) is 0 Å². The summed E-state index contributed by atoms with van der Waals surface area (Å²) in [6, 6.07) is 0. The van der Waals surface area contributed by atoms with Gasteiger partial charge in [0.25, 0.3) is 0 Å². The summed E-state index contributed by atoms with van der Waals surface area (Å²) in [5.41, 5.74) is 5.13. The largest absolute Gasteiger partial charge is 0.496 e. The average Bonchev–Trinajstić information content (AvgIpc) is 3.01. The highest BCUT2D eigenvalue weighted by molar-refractivity contribution is 5.64. The standard InChI is InChI=1S/C16H22O3/c1-9-12(8-17-2)16(19-4)14-11-6-5-10(7-11)13(14)15(9)18-3/h10-11H,5-8H2,1-4H3. The highest BCUT2D eigenvalue weighted by atomic mass is 16.5. The maximum absolute atomic E-state index is 5.74. The molecule has 3 heteroatoms. The number of benzene rings is 1. The summed E-state index contributed by atoms with van der Waals surface area (Å²) in [7, 11) is 5.27. The molecule has 2 atom stereocenters. The summed E-state index contributed by atoms with van der Waals surface area (Å²) < 4.78 is 16.8. The Kier molecular flexibility index (Phi) is 3.17. The third kappa shape index (κ3) is 1.68. The van der Waals surface area contributed by atoms with Crippen LogP contribution in [-0.2, 0) is 11.3 Å². The van der Waals surface area contributed by atoms with E-state index in [1.807, 2.05) is 0 Å². The van der Waals surface area contributed by atoms with Gasteiger partial charge in [0.1, 0.15) is 11.5 Å². The van der Waals surface area contributed by atoms with Crippen LogP contribution in [0.1, 0.15) is 53.4 Å². The Labute approximate surface area is 114 Å². The fraction of sp³-hybridized carbons (Fsp3) is 0.625. The van der Waals surface area contributed by atoms with Crippen LogP contribution in [0.3, 0.4) is 0 Å². The maximum Gasteiger partial charge on any atom is 0.128 e. The monoisotopic (exact) mass is 262 g/mol. The molecule has 0 aliphatic heterocycles. The number of hydrogen-bond acceptors (Lipinski definition) is 3. The van der Waals surface area contributed by atoms with Gasteiger partial charge in [-0.15, -0.1) is 0 Å². The molecule has 3 rings (SSSR count). The molecule has 3 nitrogen and oxygen atoms in total. The molecule has 0 aromatic heterocycles. The maximum atomic E-state index is 5.74. The predicted molar refractivity (Wildman–Crippen MR) is 74.3 cm³/mol. The first-order valence-electron chi connectivity index (χ1n) is 6.99. The molecule has 0 N–H and O–H groups in total. The van der Waals surface area contributed by atoms with Crippen molar-refractivity contribution >= 4 is 0 Å². The molecule has 1 aromatic rings. The summed E-state index contributed by atoms with van der Waals surface area (Å²) in [6.07, 6.45) is 3.84. The third-order valence-electron chi connectivity index (χ3n) is 4.79. The molecular formula is C16H22O3. The highest BCUT2D eigenvalue weighted by Crippen LogP contribution is 2.60. The van der Waals surface area contributed by atoms with Gasteiger partial charge in [-0.2, -0.15) is 0 Å². The van der Waals surface area contributed by atoms with E-state index in [0.29, 0.717) is 18.4 Å². The fourth-order valence-corrected chi connectivity index (χ4v) is 4.05. The lowest BCUT2D eigenvalue weighted by molar-refractivity contribution is 0.180. The van der Waals surface area contributed by atoms with E-state index in [-0.39, 0.29) is 0 Å². The van der Waals surface area contributed by atoms with Gasteiger partial charge in [0.15, 0.2) is 0 Å². The Morgan fingerprint density at radius 3 is 2.05 bits per heavy atom. The lowest BCUT2D eigenvalue weighted by Gasteiger charge is -2.25. The molecule has 0 spiro atoms. The smallest absolute Gasteiger partial charge is 0.128 e. The molecule has 1 aromatic carbocycles. The van der Waals surface area contributed by atoms with E-state index in [4.69, 9.17) is 14.2 Å². The fourth-order valence-electron chi connectivity index (χ4n) is 4.05. The minimum absolute atomic E-state index is 0.579. The lowest BCUT2D eigenvalue weighted by atomic mass is 9.86. The zero-order chi connectivity index (χ0) is 13.6. The summed E-state index contributed by atoms with van der Waals surface area (Å²) in [6.45, 7) is 2.69. The average molecular weight is 262 g/mol. The quantitative estimate of drug-likeness (QED) is 0.831. The van der Waals surface area contributed by atoms with Crippen molar-refractivity contribution in [3.8, 4) is 11.5 Å². The van der Waals surface area contributed by atoms with Crippen molar-refractivity contribution in [2.45, 2.75) is 44.6 Å². The molecule has 19 heavy (non-hydrogen) atoms. The summed E-state index contributed by atoms with van der Waals surface area (Å²) in [4.78, 5) is 0. The Balaban J connectivity index is 2.27. The van der Waals surface area contributed by atoms with Gasteiger partial charge >= 0.3 is 0 Å². The van der Waals surface area contributed by atoms with Crippen molar-refractivity contribution in [2.75, 3.05) is 21.3 Å². The zero-order valence-corrected chi connectivity index (χ0v) is 12.2. The van der Waals surface area contributed by atoms with E-state index in [9.17, 15) is 0 Å². The predicted octanol–water partition coefficient (Wildman–Crippen LogP) is 3.52. The zero-order valence-electron chi connectivity index (χ0n) is 12.2. The van der Waals surface area contributed by atoms with Gasteiger partial charge in [-0.05, 0) is 38.0 Å². The molecule has 1 fully saturated rings.